The Morgan fingerprint density at radius 3 is 2.48 bits per heavy atom. The minimum atomic E-state index is -0.560. The van der Waals surface area contributed by atoms with Crippen molar-refractivity contribution < 1.29 is 23.5 Å². The highest BCUT2D eigenvalue weighted by atomic mass is 16.6. The fourth-order valence-electron chi connectivity index (χ4n) is 3.28. The molecule has 1 aliphatic rings. The molecule has 1 atom stereocenters. The van der Waals surface area contributed by atoms with Crippen LogP contribution in [0.4, 0.5) is 10.5 Å². The van der Waals surface area contributed by atoms with E-state index >= 15 is 0 Å². The van der Waals surface area contributed by atoms with E-state index in [2.05, 4.69) is 10.6 Å². The van der Waals surface area contributed by atoms with Crippen molar-refractivity contribution >= 4 is 23.6 Å². The molecule has 1 aromatic carbocycles. The largest absolute Gasteiger partial charge is 0.456 e. The Bertz CT molecular complexity index is 989. The standard InChI is InChI=1S/C23H29N3O5/c1-14-6-8-16(12-18(14)25-21(28)19-9-7-15(2)30-19)20(27)24-17-10-11-26(13-17)22(29)31-23(3,4)5/h6-9,12,17H,10-11,13H2,1-5H3,(H,24,27)(H,25,28)/t17-/m1/s1. The summed E-state index contributed by atoms with van der Waals surface area (Å²) in [6.07, 6.45) is 0.274. The first-order valence-corrected chi connectivity index (χ1v) is 10.3. The highest BCUT2D eigenvalue weighted by molar-refractivity contribution is 6.04. The van der Waals surface area contributed by atoms with Gasteiger partial charge in [-0.1, -0.05) is 6.07 Å². The lowest BCUT2D eigenvalue weighted by Crippen LogP contribution is -2.40. The SMILES string of the molecule is Cc1ccc(C(=O)Nc2cc(C(=O)N[C@@H]3CCN(C(=O)OC(C)(C)C)C3)ccc2C)o1. The van der Waals surface area contributed by atoms with E-state index < -0.39 is 5.60 Å². The molecule has 2 aromatic rings. The molecule has 1 saturated heterocycles. The Hall–Kier alpha value is -3.29. The van der Waals surface area contributed by atoms with Crippen molar-refractivity contribution in [2.45, 2.75) is 52.7 Å². The van der Waals surface area contributed by atoms with Crippen LogP contribution in [0.1, 0.15) is 59.4 Å². The molecule has 0 radical (unpaired) electrons. The number of amides is 3. The highest BCUT2D eigenvalue weighted by Crippen LogP contribution is 2.20. The molecule has 8 nitrogen and oxygen atoms in total. The van der Waals surface area contributed by atoms with Gasteiger partial charge >= 0.3 is 6.09 Å². The van der Waals surface area contributed by atoms with Gasteiger partial charge in [-0.25, -0.2) is 4.79 Å². The molecule has 2 N–H and O–H groups in total. The van der Waals surface area contributed by atoms with E-state index in [1.807, 2.05) is 27.7 Å². The summed E-state index contributed by atoms with van der Waals surface area (Å²) in [5.74, 6) is 0.213. The van der Waals surface area contributed by atoms with Gasteiger partial charge in [0.2, 0.25) is 0 Å². The lowest BCUT2D eigenvalue weighted by Gasteiger charge is -2.24. The summed E-state index contributed by atoms with van der Waals surface area (Å²) in [5.41, 5.74) is 1.22. The molecular formula is C23H29N3O5. The van der Waals surface area contributed by atoms with Gasteiger partial charge in [0.15, 0.2) is 5.76 Å². The molecule has 3 amide bonds. The van der Waals surface area contributed by atoms with Gasteiger partial charge in [0.1, 0.15) is 11.4 Å². The maximum Gasteiger partial charge on any atom is 0.410 e. The van der Waals surface area contributed by atoms with E-state index in [0.29, 0.717) is 36.5 Å². The van der Waals surface area contributed by atoms with Gasteiger partial charge in [-0.2, -0.15) is 0 Å². The molecule has 31 heavy (non-hydrogen) atoms. The number of aryl methyl sites for hydroxylation is 2. The Morgan fingerprint density at radius 1 is 1.10 bits per heavy atom. The van der Waals surface area contributed by atoms with Crippen LogP contribution in [-0.2, 0) is 4.74 Å². The van der Waals surface area contributed by atoms with E-state index in [-0.39, 0.29) is 29.7 Å². The first-order chi connectivity index (χ1) is 14.5. The van der Waals surface area contributed by atoms with E-state index in [0.717, 1.165) is 5.56 Å². The van der Waals surface area contributed by atoms with Crippen LogP contribution in [0.25, 0.3) is 0 Å². The van der Waals surface area contributed by atoms with Gasteiger partial charge in [-0.3, -0.25) is 9.59 Å². The number of likely N-dealkylation sites (tertiary alicyclic amines) is 1. The van der Waals surface area contributed by atoms with Crippen molar-refractivity contribution in [3.63, 3.8) is 0 Å². The second-order valence-corrected chi connectivity index (χ2v) is 8.78. The predicted octanol–water partition coefficient (Wildman–Crippen LogP) is 3.89. The number of nitrogens with zero attached hydrogens (tertiary/aromatic N) is 1. The molecule has 1 fully saturated rings. The molecule has 0 unspecified atom stereocenters. The van der Waals surface area contributed by atoms with Gasteiger partial charge in [0, 0.05) is 30.4 Å². The van der Waals surface area contributed by atoms with E-state index in [4.69, 9.17) is 9.15 Å². The normalized spacial score (nSPS) is 16.2. The third kappa shape index (κ3) is 5.87. The van der Waals surface area contributed by atoms with Crippen molar-refractivity contribution in [1.82, 2.24) is 10.2 Å². The van der Waals surface area contributed by atoms with Crippen LogP contribution < -0.4 is 10.6 Å². The number of carbonyl (C=O) groups excluding carboxylic acids is 3. The average Bonchev–Trinajstić information content (AvgIpc) is 3.31. The number of nitrogens with one attached hydrogen (secondary N) is 2. The minimum Gasteiger partial charge on any atom is -0.456 e. The number of carbonyl (C=O) groups is 3. The van der Waals surface area contributed by atoms with Crippen molar-refractivity contribution in [2.24, 2.45) is 0 Å². The quantitative estimate of drug-likeness (QED) is 0.771. The number of hydrogen-bond donors (Lipinski definition) is 2. The summed E-state index contributed by atoms with van der Waals surface area (Å²) in [6.45, 7) is 10.00. The van der Waals surface area contributed by atoms with Gasteiger partial charge in [-0.05, 0) is 70.9 Å². The number of benzene rings is 1. The molecule has 3 rings (SSSR count). The molecule has 166 valence electrons. The predicted molar refractivity (Wildman–Crippen MR) is 116 cm³/mol. The van der Waals surface area contributed by atoms with Crippen LogP contribution in [0.2, 0.25) is 0 Å². The van der Waals surface area contributed by atoms with Crippen LogP contribution in [0, 0.1) is 13.8 Å². The maximum absolute atomic E-state index is 12.8. The number of hydrogen-bond acceptors (Lipinski definition) is 5. The summed E-state index contributed by atoms with van der Waals surface area (Å²) in [5, 5.41) is 5.75. The highest BCUT2D eigenvalue weighted by Gasteiger charge is 2.30. The van der Waals surface area contributed by atoms with E-state index in [1.54, 1.807) is 42.2 Å². The van der Waals surface area contributed by atoms with E-state index in [1.165, 1.54) is 0 Å². The van der Waals surface area contributed by atoms with Crippen LogP contribution in [0.3, 0.4) is 0 Å². The molecule has 2 heterocycles. The summed E-state index contributed by atoms with van der Waals surface area (Å²) in [6, 6.07) is 8.28. The smallest absolute Gasteiger partial charge is 0.410 e. The summed E-state index contributed by atoms with van der Waals surface area (Å²) in [4.78, 5) is 38.9. The zero-order valence-electron chi connectivity index (χ0n) is 18.6. The Labute approximate surface area is 181 Å². The Morgan fingerprint density at radius 2 is 1.84 bits per heavy atom. The number of ether oxygens (including phenoxy) is 1. The summed E-state index contributed by atoms with van der Waals surface area (Å²) >= 11 is 0. The third-order valence-corrected chi connectivity index (χ3v) is 4.89. The number of rotatable bonds is 4. The molecule has 0 bridgehead atoms. The molecule has 0 aliphatic carbocycles. The van der Waals surface area contributed by atoms with Crippen molar-refractivity contribution in [1.29, 1.82) is 0 Å². The first kappa shape index (κ1) is 22.4. The molecule has 1 aliphatic heterocycles. The molecule has 1 aromatic heterocycles. The molecular weight excluding hydrogens is 398 g/mol. The fourth-order valence-corrected chi connectivity index (χ4v) is 3.28. The Kier molecular flexibility index (Phi) is 6.38. The number of anilines is 1. The van der Waals surface area contributed by atoms with Crippen LogP contribution in [-0.4, -0.2) is 47.5 Å². The topological polar surface area (TPSA) is 101 Å². The zero-order valence-corrected chi connectivity index (χ0v) is 18.6. The minimum absolute atomic E-state index is 0.162. The summed E-state index contributed by atoms with van der Waals surface area (Å²) in [7, 11) is 0. The lowest BCUT2D eigenvalue weighted by molar-refractivity contribution is 0.0290. The van der Waals surface area contributed by atoms with Crippen molar-refractivity contribution in [3.8, 4) is 0 Å². The van der Waals surface area contributed by atoms with Gasteiger partial charge in [-0.15, -0.1) is 0 Å². The van der Waals surface area contributed by atoms with Gasteiger partial charge < -0.3 is 24.7 Å². The first-order valence-electron chi connectivity index (χ1n) is 10.3. The monoisotopic (exact) mass is 427 g/mol. The van der Waals surface area contributed by atoms with Gasteiger partial charge in [0.25, 0.3) is 11.8 Å². The molecule has 0 spiro atoms. The zero-order chi connectivity index (χ0) is 22.8. The van der Waals surface area contributed by atoms with Crippen LogP contribution >= 0.6 is 0 Å². The van der Waals surface area contributed by atoms with Crippen LogP contribution in [0.15, 0.2) is 34.7 Å². The second kappa shape index (κ2) is 8.83. The molecule has 0 saturated carbocycles. The Balaban J connectivity index is 1.61. The van der Waals surface area contributed by atoms with Crippen molar-refractivity contribution in [3.05, 3.63) is 53.0 Å². The lowest BCUT2D eigenvalue weighted by atomic mass is 10.1. The van der Waals surface area contributed by atoms with E-state index in [9.17, 15) is 14.4 Å². The van der Waals surface area contributed by atoms with Gasteiger partial charge in [0.05, 0.1) is 0 Å². The van der Waals surface area contributed by atoms with Crippen molar-refractivity contribution in [2.75, 3.05) is 18.4 Å². The fraction of sp³-hybridized carbons (Fsp3) is 0.435. The summed E-state index contributed by atoms with van der Waals surface area (Å²) < 4.78 is 10.7. The maximum atomic E-state index is 12.8. The van der Waals surface area contributed by atoms with Crippen LogP contribution in [0.5, 0.6) is 0 Å². The second-order valence-electron chi connectivity index (χ2n) is 8.78. The molecule has 8 heteroatoms. The number of furan rings is 1. The average molecular weight is 428 g/mol. The third-order valence-electron chi connectivity index (χ3n) is 4.89.